The van der Waals surface area contributed by atoms with Crippen molar-refractivity contribution in [3.63, 3.8) is 0 Å². The fourth-order valence-electron chi connectivity index (χ4n) is 11.6. The number of allylic oxidation sites excluding steroid dienone is 3. The fraction of sp³-hybridized carbons (Fsp3) is 0.434. The Morgan fingerprint density at radius 2 is 1.77 bits per heavy atom. The number of hydrogen-bond acceptors (Lipinski definition) is 11. The lowest BCUT2D eigenvalue weighted by Crippen LogP contribution is -2.49. The number of aliphatic hydroxyl groups is 2. The number of carbonyl (C=O) groups excluding carboxylic acids is 2. The van der Waals surface area contributed by atoms with Gasteiger partial charge in [0.05, 0.1) is 30.9 Å². The molecule has 0 amide bonds. The van der Waals surface area contributed by atoms with E-state index in [0.29, 0.717) is 66.0 Å². The smallest absolute Gasteiger partial charge is 0.165 e. The molecule has 0 unspecified atom stereocenters. The predicted molar refractivity (Wildman–Crippen MR) is 257 cm³/mol. The number of phenolic OH excluding ortho intramolecular Hbond substituents is 2. The number of fused-ring (bicyclic) bond motifs is 8. The third-order valence-electron chi connectivity index (χ3n) is 14.9. The highest BCUT2D eigenvalue weighted by atomic mass is 33.1. The van der Waals surface area contributed by atoms with E-state index in [1.807, 2.05) is 37.3 Å². The van der Waals surface area contributed by atoms with Crippen molar-refractivity contribution in [2.75, 3.05) is 12.4 Å². The molecule has 2 saturated carbocycles. The first-order valence-electron chi connectivity index (χ1n) is 22.9. The van der Waals surface area contributed by atoms with E-state index < -0.39 is 34.6 Å². The molecule has 2 heterocycles. The van der Waals surface area contributed by atoms with Gasteiger partial charge in [0.1, 0.15) is 5.75 Å². The summed E-state index contributed by atoms with van der Waals surface area (Å²) in [4.78, 5) is 31.1. The van der Waals surface area contributed by atoms with Gasteiger partial charge < -0.3 is 41.6 Å². The summed E-state index contributed by atoms with van der Waals surface area (Å²) in [6.07, 6.45) is 14.9. The zero-order valence-corrected chi connectivity index (χ0v) is 38.5. The number of nitrogens with two attached hydrogens (primary N) is 2. The second kappa shape index (κ2) is 18.5. The summed E-state index contributed by atoms with van der Waals surface area (Å²) >= 11 is 0. The van der Waals surface area contributed by atoms with Crippen LogP contribution in [0.25, 0.3) is 0 Å². The van der Waals surface area contributed by atoms with Gasteiger partial charge in [-0.05, 0) is 127 Å². The molecule has 1 aliphatic heterocycles. The van der Waals surface area contributed by atoms with Crippen LogP contribution in [-0.4, -0.2) is 61.0 Å². The van der Waals surface area contributed by atoms with Crippen LogP contribution in [-0.2, 0) is 29.8 Å². The number of aliphatic hydroxyl groups excluding tert-OH is 1. The SMILES string of the molecule is C[C@H](O)CCC[C@H]1[C@H]2C=C[C@@]3(O)C[C@@]14/C=C/C(=O)CCc1ccc(O)c(c1)OCCc1ccc(O)c(c1)[C@@H]1CC(=O)c5cc[nH]c5CC#Cc5cc(C(N)N)c(cc51)CSSC[C@@]3(C2)C4. The van der Waals surface area contributed by atoms with Crippen molar-refractivity contribution in [3.8, 4) is 29.1 Å². The Kier molecular flexibility index (Phi) is 12.9. The number of H-pyrrole nitrogens is 1. The van der Waals surface area contributed by atoms with Crippen molar-refractivity contribution < 1.29 is 34.8 Å². The molecule has 1 aromatic heterocycles. The number of nitrogens with one attached hydrogen (secondary N) is 1. The van der Waals surface area contributed by atoms with Crippen LogP contribution < -0.4 is 16.2 Å². The van der Waals surface area contributed by atoms with E-state index >= 15 is 0 Å². The molecule has 10 nitrogen and oxygen atoms in total. The molecule has 0 saturated heterocycles. The number of ether oxygens (including phenoxy) is 1. The lowest BCUT2D eigenvalue weighted by molar-refractivity contribution is -0.114. The average Bonchev–Trinajstić information content (AvgIpc) is 3.81. The normalized spacial score (nSPS) is 28.6. The number of ketones is 2. The first-order valence-corrected chi connectivity index (χ1v) is 25.4. The van der Waals surface area contributed by atoms with Gasteiger partial charge in [-0.2, -0.15) is 0 Å². The monoisotopic (exact) mass is 913 g/mol. The molecule has 5 aliphatic rings. The molecule has 7 atom stereocenters. The number of aromatic amines is 1. The number of aromatic nitrogens is 1. The summed E-state index contributed by atoms with van der Waals surface area (Å²) in [6, 6.07) is 16.4. The van der Waals surface area contributed by atoms with Gasteiger partial charge in [0.15, 0.2) is 23.1 Å². The number of aromatic hydroxyl groups is 2. The van der Waals surface area contributed by atoms with E-state index in [1.165, 1.54) is 0 Å². The van der Waals surface area contributed by atoms with Crippen LogP contribution in [0, 0.1) is 34.5 Å². The molecule has 9 bridgehead atoms. The van der Waals surface area contributed by atoms with E-state index in [9.17, 15) is 30.0 Å². The van der Waals surface area contributed by atoms with Gasteiger partial charge in [0.2, 0.25) is 0 Å². The highest BCUT2D eigenvalue weighted by molar-refractivity contribution is 8.76. The van der Waals surface area contributed by atoms with Crippen LogP contribution in [0.15, 0.2) is 85.1 Å². The van der Waals surface area contributed by atoms with Crippen molar-refractivity contribution >= 4 is 33.2 Å². The van der Waals surface area contributed by atoms with Crippen molar-refractivity contribution in [2.45, 2.75) is 107 Å². The Hall–Kier alpha value is -4.74. The van der Waals surface area contributed by atoms with Gasteiger partial charge in [0, 0.05) is 70.7 Å². The zero-order chi connectivity index (χ0) is 45.5. The van der Waals surface area contributed by atoms with Crippen LogP contribution in [0.4, 0.5) is 0 Å². The molecule has 9 N–H and O–H groups in total. The minimum Gasteiger partial charge on any atom is -0.508 e. The number of phenols is 2. The summed E-state index contributed by atoms with van der Waals surface area (Å²) < 4.78 is 6.16. The number of Topliss-reactive ketones (excluding diaryl/α,β-unsaturated/α-hetero) is 1. The van der Waals surface area contributed by atoms with E-state index in [0.717, 1.165) is 59.2 Å². The van der Waals surface area contributed by atoms with Gasteiger partial charge >= 0.3 is 0 Å². The van der Waals surface area contributed by atoms with Gasteiger partial charge in [-0.15, -0.1) is 0 Å². The molecule has 0 radical (unpaired) electrons. The van der Waals surface area contributed by atoms with Crippen LogP contribution >= 0.6 is 21.6 Å². The van der Waals surface area contributed by atoms with E-state index in [4.69, 9.17) is 16.2 Å². The zero-order valence-electron chi connectivity index (χ0n) is 36.9. The number of hydrogen-bond donors (Lipinski definition) is 7. The first-order chi connectivity index (χ1) is 31.3. The Morgan fingerprint density at radius 1 is 0.954 bits per heavy atom. The van der Waals surface area contributed by atoms with Gasteiger partial charge in [0.25, 0.3) is 0 Å². The summed E-state index contributed by atoms with van der Waals surface area (Å²) in [5, 5.41) is 45.2. The molecule has 1 spiro atoms. The molecule has 340 valence electrons. The Labute approximate surface area is 389 Å². The first kappa shape index (κ1) is 45.4. The lowest BCUT2D eigenvalue weighted by atomic mass is 9.55. The Morgan fingerprint density at radius 3 is 2.58 bits per heavy atom. The number of benzene rings is 3. The average molecular weight is 914 g/mol. The third kappa shape index (κ3) is 9.08. The van der Waals surface area contributed by atoms with Crippen molar-refractivity contribution in [2.24, 2.45) is 34.1 Å². The molecular weight excluding hydrogens is 855 g/mol. The van der Waals surface area contributed by atoms with E-state index in [2.05, 4.69) is 35.0 Å². The van der Waals surface area contributed by atoms with Crippen LogP contribution in [0.2, 0.25) is 0 Å². The van der Waals surface area contributed by atoms with Gasteiger partial charge in [-0.1, -0.05) is 82.3 Å². The minimum atomic E-state index is -1.05. The Balaban J connectivity index is 1.11. The van der Waals surface area contributed by atoms with Gasteiger partial charge in [-0.3, -0.25) is 9.59 Å². The van der Waals surface area contributed by atoms with Crippen molar-refractivity contribution in [1.29, 1.82) is 0 Å². The molecule has 4 aromatic rings. The molecule has 3 aromatic carbocycles. The Bertz CT molecular complexity index is 2610. The molecular formula is C53H59N3O7S2. The maximum absolute atomic E-state index is 14.2. The largest absolute Gasteiger partial charge is 0.508 e. The second-order valence-electron chi connectivity index (χ2n) is 19.2. The second-order valence-corrected chi connectivity index (χ2v) is 21.7. The summed E-state index contributed by atoms with van der Waals surface area (Å²) in [7, 11) is 3.42. The minimum absolute atomic E-state index is 0.00166. The standard InChI is InChI=1S/C53H59N3O7S2/c1-32(57)4-2-6-44-36-14-19-53(62)30-51(44)18-15-38(58)11-8-33-10-13-47(60)49(23-33)63-21-17-34-9-12-46(59)43(22-34)42-26-48(61)39-16-20-56-45(39)7-3-5-35-24-41(50(54)55)37(25-40(35)42)28-64-65-31-52(53,27-36)29-51/h9-10,12-16,18-20,22-25,32,36,42,44,50,56-57,59-60,62H,2,4,6-8,11,17,21,26-31,54-55H2,1H3/b18-15+/t32-,36-,42+,44-,51-,52+,53+/m0/s1. The highest BCUT2D eigenvalue weighted by Crippen LogP contribution is 2.71. The molecule has 65 heavy (non-hydrogen) atoms. The molecule has 4 aliphatic carbocycles. The summed E-state index contributed by atoms with van der Waals surface area (Å²) in [5.41, 5.74) is 18.0. The van der Waals surface area contributed by atoms with E-state index in [-0.39, 0.29) is 54.3 Å². The summed E-state index contributed by atoms with van der Waals surface area (Å²) in [5.74, 6) is 8.10. The maximum Gasteiger partial charge on any atom is 0.165 e. The maximum atomic E-state index is 14.2. The van der Waals surface area contributed by atoms with Crippen LogP contribution in [0.1, 0.15) is 125 Å². The fourth-order valence-corrected chi connectivity index (χ4v) is 14.4. The van der Waals surface area contributed by atoms with Gasteiger partial charge in [-0.25, -0.2) is 0 Å². The number of aryl methyl sites for hydroxylation is 1. The van der Waals surface area contributed by atoms with Crippen molar-refractivity contribution in [1.82, 2.24) is 4.98 Å². The van der Waals surface area contributed by atoms with Crippen LogP contribution in [0.5, 0.6) is 17.2 Å². The third-order valence-corrected chi connectivity index (χ3v) is 17.4. The van der Waals surface area contributed by atoms with Crippen molar-refractivity contribution in [3.05, 3.63) is 135 Å². The topological polar surface area (TPSA) is 192 Å². The van der Waals surface area contributed by atoms with Crippen LogP contribution in [0.3, 0.4) is 0 Å². The highest BCUT2D eigenvalue weighted by Gasteiger charge is 2.68. The van der Waals surface area contributed by atoms with E-state index in [1.54, 1.807) is 58.1 Å². The number of carbonyl (C=O) groups is 2. The quantitative estimate of drug-likeness (QED) is 0.0440. The molecule has 2 fully saturated rings. The predicted octanol–water partition coefficient (Wildman–Crippen LogP) is 8.48. The number of rotatable bonds is 5. The molecule has 9 rings (SSSR count). The molecule has 12 heteroatoms. The lowest BCUT2D eigenvalue weighted by Gasteiger charge is -2.51. The summed E-state index contributed by atoms with van der Waals surface area (Å²) in [6.45, 7) is 2.05.